The Morgan fingerprint density at radius 1 is 0.806 bits per heavy atom. The fraction of sp³-hybridized carbons (Fsp3) is 0.438. The number of nitrogens with two attached hydrogens (primary N) is 1. The minimum Gasteiger partial charge on any atom is -0.445 e. The van der Waals surface area contributed by atoms with Crippen LogP contribution in [0.25, 0.3) is 0 Å². The maximum absolute atomic E-state index is 13.5. The zero-order valence-corrected chi connectivity index (χ0v) is 38.4. The van der Waals surface area contributed by atoms with Gasteiger partial charge in [-0.3, -0.25) is 43.6 Å². The van der Waals surface area contributed by atoms with Crippen molar-refractivity contribution in [1.82, 2.24) is 41.4 Å². The Morgan fingerprint density at radius 3 is 2.21 bits per heavy atom. The van der Waals surface area contributed by atoms with E-state index in [0.29, 0.717) is 42.5 Å². The van der Waals surface area contributed by atoms with Gasteiger partial charge in [0.25, 0.3) is 17.7 Å². The molecule has 0 fully saturated rings. The number of aryl methyl sites for hydroxylation is 1. The fourth-order valence-corrected chi connectivity index (χ4v) is 7.53. The number of benzene rings is 2. The molecule has 19 nitrogen and oxygen atoms in total. The van der Waals surface area contributed by atoms with Crippen molar-refractivity contribution in [2.45, 2.75) is 97.5 Å². The number of fused-ring (bicyclic) bond motifs is 1. The Morgan fingerprint density at radius 2 is 1.51 bits per heavy atom. The third-order valence-corrected chi connectivity index (χ3v) is 11.2. The Kier molecular flexibility index (Phi) is 19.4. The van der Waals surface area contributed by atoms with E-state index in [9.17, 15) is 38.4 Å². The summed E-state index contributed by atoms with van der Waals surface area (Å²) in [6, 6.07) is 13.5. The van der Waals surface area contributed by atoms with E-state index in [0.717, 1.165) is 47.8 Å². The molecule has 9 amide bonds. The zero-order chi connectivity index (χ0) is 48.3. The molecule has 3 heterocycles. The van der Waals surface area contributed by atoms with Gasteiger partial charge in [0.1, 0.15) is 18.7 Å². The average molecular weight is 923 g/mol. The zero-order valence-electron chi connectivity index (χ0n) is 38.4. The smallest absolute Gasteiger partial charge is 0.407 e. The number of pyridine rings is 1. The molecular weight excluding hydrogens is 861 g/mol. The minimum absolute atomic E-state index is 0.0641. The van der Waals surface area contributed by atoms with Gasteiger partial charge in [-0.15, -0.1) is 0 Å². The highest BCUT2D eigenvalue weighted by Gasteiger charge is 2.29. The lowest BCUT2D eigenvalue weighted by atomic mass is 10.0. The van der Waals surface area contributed by atoms with Crippen molar-refractivity contribution in [3.63, 3.8) is 0 Å². The number of imide groups is 1. The van der Waals surface area contributed by atoms with Crippen LogP contribution in [0.5, 0.6) is 0 Å². The molecule has 0 aliphatic carbocycles. The van der Waals surface area contributed by atoms with Gasteiger partial charge in [-0.05, 0) is 85.0 Å². The Balaban J connectivity index is 1.01. The molecule has 0 unspecified atom stereocenters. The molecule has 2 aliphatic rings. The molecule has 19 heteroatoms. The van der Waals surface area contributed by atoms with Gasteiger partial charge in [-0.2, -0.15) is 0 Å². The summed E-state index contributed by atoms with van der Waals surface area (Å²) in [7, 11) is 0. The van der Waals surface area contributed by atoms with Crippen molar-refractivity contribution >= 4 is 53.3 Å². The second kappa shape index (κ2) is 25.5. The first-order valence-electron chi connectivity index (χ1n) is 22.7. The lowest BCUT2D eigenvalue weighted by Gasteiger charge is -2.28. The first-order valence-corrected chi connectivity index (χ1v) is 22.7. The number of urea groups is 1. The Labute approximate surface area is 390 Å². The molecule has 2 atom stereocenters. The number of carbonyl (C=O) groups excluding carboxylic acids is 8. The van der Waals surface area contributed by atoms with Crippen LogP contribution in [0.15, 0.2) is 72.9 Å². The highest BCUT2D eigenvalue weighted by atomic mass is 16.5. The first kappa shape index (κ1) is 50.8. The quantitative estimate of drug-likeness (QED) is 0.0507. The highest BCUT2D eigenvalue weighted by molar-refractivity contribution is 6.12. The summed E-state index contributed by atoms with van der Waals surface area (Å²) in [5.74, 6) is -2.75. The van der Waals surface area contributed by atoms with E-state index < -0.39 is 36.0 Å². The average Bonchev–Trinajstić information content (AvgIpc) is 3.62. The molecule has 67 heavy (non-hydrogen) atoms. The fourth-order valence-electron chi connectivity index (χ4n) is 7.53. The number of hydrogen-bond acceptors (Lipinski definition) is 11. The number of alkyl carbamates (subject to hydrolysis) is 1. The molecule has 5 rings (SSSR count). The Hall–Kier alpha value is -7.15. The maximum Gasteiger partial charge on any atom is 0.407 e. The van der Waals surface area contributed by atoms with Gasteiger partial charge < -0.3 is 42.4 Å². The number of nitrogens with zero attached hydrogens (tertiary/aromatic N) is 3. The maximum atomic E-state index is 13.5. The molecule has 358 valence electrons. The number of rotatable bonds is 24. The van der Waals surface area contributed by atoms with Crippen LogP contribution in [0, 0.1) is 12.8 Å². The molecular formula is C48H62N10O9. The van der Waals surface area contributed by atoms with E-state index in [1.165, 1.54) is 17.7 Å². The molecule has 0 saturated carbocycles. The summed E-state index contributed by atoms with van der Waals surface area (Å²) in [6.07, 6.45) is 6.75. The van der Waals surface area contributed by atoms with Crippen molar-refractivity contribution < 1.29 is 43.1 Å². The molecule has 3 aromatic rings. The van der Waals surface area contributed by atoms with Gasteiger partial charge in [0.05, 0.1) is 0 Å². The summed E-state index contributed by atoms with van der Waals surface area (Å²) in [5, 5.41) is 16.2. The number of anilines is 1. The molecule has 0 bridgehead atoms. The summed E-state index contributed by atoms with van der Waals surface area (Å²) in [4.78, 5) is 108. The number of hydrogen-bond donors (Lipinski definition) is 7. The van der Waals surface area contributed by atoms with E-state index in [4.69, 9.17) is 10.5 Å². The van der Waals surface area contributed by atoms with Crippen LogP contribution in [0.1, 0.15) is 90.7 Å². The van der Waals surface area contributed by atoms with Crippen molar-refractivity contribution in [1.29, 1.82) is 0 Å². The lowest BCUT2D eigenvalue weighted by Crippen LogP contribution is -2.54. The third-order valence-electron chi connectivity index (χ3n) is 11.2. The van der Waals surface area contributed by atoms with E-state index in [-0.39, 0.29) is 75.2 Å². The standard InChI is InChI=1S/C48H62N10O9/c1-31(2)43(56-40(59)9-5-4-6-24-58-41(60)18-19-42(58)61)46(64)55-39(8-7-21-51-47(49)65)45(63)54-37-16-12-34(13-17-37)30-67-48(66)52-23-22-50-44(62)35-14-10-33(11-15-35)28-57-25-20-38-36(29-57)26-32(3)27-53-38/h10-19,26-27,31,39,43H,4-9,20-25,28-30H2,1-3H3,(H,50,62)(H,52,66)(H,54,63)(H,55,64)(H,56,59)(H3,49,51,65)/t39-,43-/m0/s1. The number of nitrogens with one attached hydrogen (secondary N) is 6. The summed E-state index contributed by atoms with van der Waals surface area (Å²) in [5.41, 5.74) is 11.4. The summed E-state index contributed by atoms with van der Waals surface area (Å²) < 4.78 is 5.32. The molecule has 2 aromatic carbocycles. The molecule has 1 aromatic heterocycles. The molecule has 0 saturated heterocycles. The lowest BCUT2D eigenvalue weighted by molar-refractivity contribution is -0.137. The van der Waals surface area contributed by atoms with Crippen LogP contribution < -0.4 is 37.6 Å². The number of unbranched alkanes of at least 4 members (excludes halogenated alkanes) is 2. The predicted molar refractivity (Wildman–Crippen MR) is 249 cm³/mol. The molecule has 0 radical (unpaired) electrons. The Bertz CT molecular complexity index is 2250. The predicted octanol–water partition coefficient (Wildman–Crippen LogP) is 3.10. The van der Waals surface area contributed by atoms with Crippen LogP contribution >= 0.6 is 0 Å². The van der Waals surface area contributed by atoms with Crippen LogP contribution in [0.4, 0.5) is 15.3 Å². The summed E-state index contributed by atoms with van der Waals surface area (Å²) in [6.45, 7) is 8.80. The number of amides is 9. The molecule has 2 aliphatic heterocycles. The topological polar surface area (TPSA) is 263 Å². The highest BCUT2D eigenvalue weighted by Crippen LogP contribution is 2.20. The van der Waals surface area contributed by atoms with Gasteiger partial charge in [0.2, 0.25) is 17.7 Å². The van der Waals surface area contributed by atoms with Crippen LogP contribution in [-0.4, -0.2) is 107 Å². The van der Waals surface area contributed by atoms with Gasteiger partial charge in [0, 0.05) is 93.9 Å². The van der Waals surface area contributed by atoms with Crippen LogP contribution in [0.2, 0.25) is 0 Å². The van der Waals surface area contributed by atoms with Crippen LogP contribution in [-0.2, 0) is 54.8 Å². The van der Waals surface area contributed by atoms with Crippen molar-refractivity contribution in [2.24, 2.45) is 11.7 Å². The van der Waals surface area contributed by atoms with Gasteiger partial charge in [0.15, 0.2) is 0 Å². The largest absolute Gasteiger partial charge is 0.445 e. The van der Waals surface area contributed by atoms with Crippen molar-refractivity contribution in [3.05, 3.63) is 106 Å². The molecule has 8 N–H and O–H groups in total. The summed E-state index contributed by atoms with van der Waals surface area (Å²) >= 11 is 0. The minimum atomic E-state index is -1.04. The monoisotopic (exact) mass is 922 g/mol. The molecule has 0 spiro atoms. The number of ether oxygens (including phenoxy) is 1. The number of primary amides is 1. The van der Waals surface area contributed by atoms with Gasteiger partial charge in [-0.25, -0.2) is 9.59 Å². The normalized spacial score (nSPS) is 14.2. The van der Waals surface area contributed by atoms with E-state index in [1.807, 2.05) is 25.3 Å². The van der Waals surface area contributed by atoms with E-state index >= 15 is 0 Å². The van der Waals surface area contributed by atoms with Gasteiger partial charge in [-0.1, -0.05) is 50.6 Å². The second-order valence-electron chi connectivity index (χ2n) is 17.0. The van der Waals surface area contributed by atoms with Gasteiger partial charge >= 0.3 is 12.1 Å². The number of aromatic nitrogens is 1. The van der Waals surface area contributed by atoms with Crippen molar-refractivity contribution in [3.8, 4) is 0 Å². The van der Waals surface area contributed by atoms with Crippen molar-refractivity contribution in [2.75, 3.05) is 38.0 Å². The second-order valence-corrected chi connectivity index (χ2v) is 17.0. The number of carbonyl (C=O) groups is 8. The SMILES string of the molecule is Cc1cnc2c(c1)CN(Cc1ccc(C(=O)NCCNC(=O)OCc3ccc(NC(=O)[C@H](CCCNC(N)=O)NC(=O)[C@@H](NC(=O)CCCCCN4C(=O)C=CC4=O)C(C)C)cc3)cc1)CC2. The third kappa shape index (κ3) is 16.7. The van der Waals surface area contributed by atoms with E-state index in [1.54, 1.807) is 50.2 Å². The van der Waals surface area contributed by atoms with Crippen LogP contribution in [0.3, 0.4) is 0 Å². The first-order chi connectivity index (χ1) is 32.1. The van der Waals surface area contributed by atoms with E-state index in [2.05, 4.69) is 47.9 Å².